The van der Waals surface area contributed by atoms with E-state index in [1.54, 1.807) is 12.1 Å². The van der Waals surface area contributed by atoms with Gasteiger partial charge < -0.3 is 24.8 Å². The van der Waals surface area contributed by atoms with Crippen LogP contribution in [-0.2, 0) is 11.3 Å². The Morgan fingerprint density at radius 1 is 1.27 bits per heavy atom. The number of hydrogen-bond acceptors (Lipinski definition) is 4. The van der Waals surface area contributed by atoms with Crippen molar-refractivity contribution in [2.45, 2.75) is 59.8 Å². The molecule has 1 aliphatic heterocycles. The average Bonchev–Trinajstić information content (AvgIpc) is 2.69. The minimum absolute atomic E-state index is 0.00512. The van der Waals surface area contributed by atoms with E-state index in [0.717, 1.165) is 38.1 Å². The second-order valence-corrected chi connectivity index (χ2v) is 8.50. The van der Waals surface area contributed by atoms with Crippen LogP contribution >= 0.6 is 0 Å². The van der Waals surface area contributed by atoms with E-state index in [9.17, 15) is 8.78 Å². The quantitative estimate of drug-likeness (QED) is 0.481. The lowest BCUT2D eigenvalue weighted by molar-refractivity contribution is -0.0835. The van der Waals surface area contributed by atoms with Gasteiger partial charge in [-0.05, 0) is 42.9 Å². The fourth-order valence-electron chi connectivity index (χ4n) is 3.76. The van der Waals surface area contributed by atoms with Gasteiger partial charge in [-0.2, -0.15) is 8.78 Å². The second-order valence-electron chi connectivity index (χ2n) is 8.50. The average molecular weight is 428 g/mol. The van der Waals surface area contributed by atoms with E-state index in [1.807, 2.05) is 6.92 Å². The highest BCUT2D eigenvalue weighted by Gasteiger charge is 2.35. The summed E-state index contributed by atoms with van der Waals surface area (Å²) in [5.74, 6) is 1.35. The summed E-state index contributed by atoms with van der Waals surface area (Å²) in [6.45, 7) is 8.32. The largest absolute Gasteiger partial charge is 0.493 e. The van der Waals surface area contributed by atoms with Gasteiger partial charge in [-0.25, -0.2) is 4.99 Å². The highest BCUT2D eigenvalue weighted by molar-refractivity contribution is 5.79. The summed E-state index contributed by atoms with van der Waals surface area (Å²) >= 11 is 0. The van der Waals surface area contributed by atoms with Gasteiger partial charge in [0.15, 0.2) is 17.5 Å². The van der Waals surface area contributed by atoms with Gasteiger partial charge in [0.05, 0.1) is 19.8 Å². The van der Waals surface area contributed by atoms with Crippen LogP contribution in [0.1, 0.15) is 46.1 Å². The Bertz CT molecular complexity index is 693. The molecule has 0 amide bonds. The molecular formula is C22H35F2N3O3. The third-order valence-electron chi connectivity index (χ3n) is 5.04. The molecular weight excluding hydrogens is 392 g/mol. The molecule has 1 aliphatic rings. The molecule has 2 rings (SSSR count). The van der Waals surface area contributed by atoms with Crippen molar-refractivity contribution in [3.8, 4) is 11.5 Å². The Morgan fingerprint density at radius 3 is 2.67 bits per heavy atom. The van der Waals surface area contributed by atoms with Gasteiger partial charge >= 0.3 is 6.61 Å². The molecule has 2 unspecified atom stereocenters. The lowest BCUT2D eigenvalue weighted by Gasteiger charge is -2.40. The number of benzene rings is 1. The highest BCUT2D eigenvalue weighted by atomic mass is 19.3. The second kappa shape index (κ2) is 11.3. The summed E-state index contributed by atoms with van der Waals surface area (Å²) in [6.07, 6.45) is 2.37. The first-order chi connectivity index (χ1) is 14.2. The van der Waals surface area contributed by atoms with Crippen molar-refractivity contribution >= 4 is 5.96 Å². The number of alkyl halides is 2. The van der Waals surface area contributed by atoms with Crippen molar-refractivity contribution in [3.05, 3.63) is 23.8 Å². The van der Waals surface area contributed by atoms with Crippen molar-refractivity contribution < 1.29 is 23.0 Å². The molecule has 1 aromatic carbocycles. The molecule has 0 bridgehead atoms. The Kier molecular flexibility index (Phi) is 9.14. The first-order valence-electron chi connectivity index (χ1n) is 10.5. The lowest BCUT2D eigenvalue weighted by atomic mass is 9.78. The number of guanidine groups is 1. The van der Waals surface area contributed by atoms with Gasteiger partial charge in [0.2, 0.25) is 0 Å². The Hall–Kier alpha value is -2.09. The van der Waals surface area contributed by atoms with Crippen LogP contribution in [0.25, 0.3) is 0 Å². The number of nitrogens with zero attached hydrogens (tertiary/aromatic N) is 1. The number of halogens is 2. The number of ether oxygens (including phenoxy) is 3. The van der Waals surface area contributed by atoms with Gasteiger partial charge in [0.1, 0.15) is 0 Å². The topological polar surface area (TPSA) is 64.1 Å². The van der Waals surface area contributed by atoms with Gasteiger partial charge in [-0.3, -0.25) is 0 Å². The molecule has 6 nitrogen and oxygen atoms in total. The summed E-state index contributed by atoms with van der Waals surface area (Å²) in [4.78, 5) is 4.60. The Labute approximate surface area is 178 Å². The number of rotatable bonds is 8. The molecule has 0 radical (unpaired) electrons. The van der Waals surface area contributed by atoms with Crippen molar-refractivity contribution in [1.29, 1.82) is 0 Å². The number of aliphatic imine (C=N–C) groups is 1. The first-order valence-corrected chi connectivity index (χ1v) is 10.5. The predicted molar refractivity (Wildman–Crippen MR) is 114 cm³/mol. The lowest BCUT2D eigenvalue weighted by Crippen LogP contribution is -2.47. The van der Waals surface area contributed by atoms with Crippen LogP contribution in [0.5, 0.6) is 11.5 Å². The van der Waals surface area contributed by atoms with Gasteiger partial charge in [0, 0.05) is 25.6 Å². The molecule has 0 aliphatic carbocycles. The zero-order valence-electron chi connectivity index (χ0n) is 18.6. The normalized spacial score (nSPS) is 20.2. The smallest absolute Gasteiger partial charge is 0.387 e. The van der Waals surface area contributed by atoms with Crippen LogP contribution in [0.3, 0.4) is 0 Å². The molecule has 2 N–H and O–H groups in total. The van der Waals surface area contributed by atoms with Gasteiger partial charge in [0.25, 0.3) is 0 Å². The minimum Gasteiger partial charge on any atom is -0.493 e. The van der Waals surface area contributed by atoms with Crippen molar-refractivity contribution in [1.82, 2.24) is 10.6 Å². The van der Waals surface area contributed by atoms with Crippen LogP contribution in [0.2, 0.25) is 0 Å². The van der Waals surface area contributed by atoms with Crippen LogP contribution < -0.4 is 20.1 Å². The van der Waals surface area contributed by atoms with Crippen LogP contribution in [0, 0.1) is 11.3 Å². The van der Waals surface area contributed by atoms with Crippen LogP contribution in [0.15, 0.2) is 23.2 Å². The predicted octanol–water partition coefficient (Wildman–Crippen LogP) is 4.19. The number of hydrogen-bond donors (Lipinski definition) is 2. The molecule has 170 valence electrons. The fraction of sp³-hybridized carbons (Fsp3) is 0.682. The molecule has 1 heterocycles. The molecule has 8 heteroatoms. The Morgan fingerprint density at radius 2 is 2.03 bits per heavy atom. The van der Waals surface area contributed by atoms with Crippen molar-refractivity contribution in [3.63, 3.8) is 0 Å². The van der Waals surface area contributed by atoms with E-state index in [-0.39, 0.29) is 23.0 Å². The number of nitrogens with one attached hydrogen (secondary N) is 2. The molecule has 30 heavy (non-hydrogen) atoms. The molecule has 0 saturated carbocycles. The molecule has 1 aromatic rings. The summed E-state index contributed by atoms with van der Waals surface area (Å²) in [7, 11) is 1.42. The fourth-order valence-corrected chi connectivity index (χ4v) is 3.76. The molecule has 1 saturated heterocycles. The van der Waals surface area contributed by atoms with Gasteiger partial charge in [-0.1, -0.05) is 26.8 Å². The van der Waals surface area contributed by atoms with E-state index in [2.05, 4.69) is 41.1 Å². The zero-order chi connectivity index (χ0) is 22.1. The first kappa shape index (κ1) is 24.2. The SMILES string of the molecule is CCNC(=NCc1ccc(OC)c(OC(F)F)c1)NCC1CCCOC1C(C)(C)C. The summed E-state index contributed by atoms with van der Waals surface area (Å²) in [6, 6.07) is 4.92. The molecule has 1 fully saturated rings. The van der Waals surface area contributed by atoms with E-state index >= 15 is 0 Å². The summed E-state index contributed by atoms with van der Waals surface area (Å²) in [5.41, 5.74) is 0.823. The van der Waals surface area contributed by atoms with Crippen molar-refractivity contribution in [2.75, 3.05) is 26.8 Å². The maximum absolute atomic E-state index is 12.6. The zero-order valence-corrected chi connectivity index (χ0v) is 18.6. The third kappa shape index (κ3) is 7.31. The Balaban J connectivity index is 2.05. The van der Waals surface area contributed by atoms with E-state index in [4.69, 9.17) is 9.47 Å². The number of methoxy groups -OCH3 is 1. The minimum atomic E-state index is -2.91. The monoisotopic (exact) mass is 427 g/mol. The summed E-state index contributed by atoms with van der Waals surface area (Å²) < 4.78 is 41.0. The molecule has 2 atom stereocenters. The van der Waals surface area contributed by atoms with Crippen LogP contribution in [0.4, 0.5) is 8.78 Å². The maximum atomic E-state index is 12.6. The standard InChI is InChI=1S/C22H35F2N3O3/c1-6-25-21(27-14-16-8-7-11-29-19(16)22(2,3)4)26-13-15-9-10-17(28-5)18(12-15)30-20(23)24/h9-10,12,16,19-20H,6-8,11,13-14H2,1-5H3,(H2,25,26,27). The van der Waals surface area contributed by atoms with E-state index in [1.165, 1.54) is 13.2 Å². The summed E-state index contributed by atoms with van der Waals surface area (Å²) in [5, 5.41) is 6.65. The van der Waals surface area contributed by atoms with Crippen molar-refractivity contribution in [2.24, 2.45) is 16.3 Å². The van der Waals surface area contributed by atoms with Gasteiger partial charge in [-0.15, -0.1) is 0 Å². The van der Waals surface area contributed by atoms with E-state index < -0.39 is 6.61 Å². The highest BCUT2D eigenvalue weighted by Crippen LogP contribution is 2.33. The molecule has 0 aromatic heterocycles. The van der Waals surface area contributed by atoms with E-state index in [0.29, 0.717) is 18.4 Å². The molecule has 0 spiro atoms. The third-order valence-corrected chi connectivity index (χ3v) is 5.04. The maximum Gasteiger partial charge on any atom is 0.387 e. The van der Waals surface area contributed by atoms with Crippen LogP contribution in [-0.4, -0.2) is 45.5 Å².